The van der Waals surface area contributed by atoms with E-state index in [-0.39, 0.29) is 44.3 Å². The molecule has 0 saturated carbocycles. The quantitative estimate of drug-likeness (QED) is 0.0663. The van der Waals surface area contributed by atoms with E-state index in [0.717, 1.165) is 11.3 Å². The Kier molecular flexibility index (Phi) is 10.9. The Morgan fingerprint density at radius 2 is 1.58 bits per heavy atom. The molecule has 0 spiro atoms. The molecule has 3 aromatic heterocycles. The van der Waals surface area contributed by atoms with Gasteiger partial charge in [-0.1, -0.05) is 22.0 Å². The van der Waals surface area contributed by atoms with Crippen molar-refractivity contribution in [1.82, 2.24) is 10.2 Å². The second-order valence-corrected chi connectivity index (χ2v) is 13.6. The van der Waals surface area contributed by atoms with Gasteiger partial charge in [-0.25, -0.2) is 0 Å². The third-order valence-electron chi connectivity index (χ3n) is 6.90. The molecule has 14 nitrogen and oxygen atoms in total. The van der Waals surface area contributed by atoms with Crippen molar-refractivity contribution in [1.29, 1.82) is 0 Å². The Balaban J connectivity index is 1.33. The third kappa shape index (κ3) is 7.27. The Morgan fingerprint density at radius 3 is 2.21 bits per heavy atom. The van der Waals surface area contributed by atoms with Crippen LogP contribution in [0, 0.1) is 6.92 Å². The zero-order valence-electron chi connectivity index (χ0n) is 26.8. The fourth-order valence-electron chi connectivity index (χ4n) is 4.63. The molecule has 2 aromatic carbocycles. The number of rotatable bonds is 16. The maximum absolute atomic E-state index is 14.0. The van der Waals surface area contributed by atoms with Crippen LogP contribution in [0.4, 0.5) is 0 Å². The van der Waals surface area contributed by atoms with Gasteiger partial charge in [0.1, 0.15) is 22.5 Å². The number of thiophene rings is 1. The minimum atomic E-state index is -4.08. The summed E-state index contributed by atoms with van der Waals surface area (Å²) in [5.74, 6) is 2.41. The van der Waals surface area contributed by atoms with E-state index in [2.05, 4.69) is 10.2 Å². The highest BCUT2D eigenvalue weighted by Crippen LogP contribution is 2.44. The zero-order valence-corrected chi connectivity index (χ0v) is 29.3. The molecular formula is C31H32N2O12S3. The molecule has 0 aliphatic heterocycles. The van der Waals surface area contributed by atoms with Crippen molar-refractivity contribution in [3.05, 3.63) is 51.5 Å². The fourth-order valence-corrected chi connectivity index (χ4v) is 7.56. The molecule has 48 heavy (non-hydrogen) atoms. The Labute approximate surface area is 283 Å². The molecule has 0 amide bonds. The van der Waals surface area contributed by atoms with Crippen molar-refractivity contribution in [2.45, 2.75) is 29.2 Å². The highest BCUT2D eigenvalue weighted by Gasteiger charge is 2.26. The molecule has 0 aliphatic carbocycles. The van der Waals surface area contributed by atoms with Gasteiger partial charge in [0.15, 0.2) is 21.5 Å². The van der Waals surface area contributed by atoms with Gasteiger partial charge in [-0.15, -0.1) is 11.3 Å². The van der Waals surface area contributed by atoms with Crippen LogP contribution < -0.4 is 38.0 Å². The van der Waals surface area contributed by atoms with Crippen LogP contribution in [-0.4, -0.2) is 66.5 Å². The van der Waals surface area contributed by atoms with E-state index in [1.54, 1.807) is 42.6 Å². The Bertz CT molecular complexity index is 2050. The van der Waals surface area contributed by atoms with Gasteiger partial charge in [0.25, 0.3) is 5.22 Å². The number of benzene rings is 2. The summed E-state index contributed by atoms with van der Waals surface area (Å²) in [7, 11) is 3.33. The molecule has 0 aliphatic rings. The number of hydrogen-bond acceptors (Lipinski definition) is 16. The van der Waals surface area contributed by atoms with E-state index in [1.165, 1.54) is 47.3 Å². The van der Waals surface area contributed by atoms with Crippen molar-refractivity contribution < 1.29 is 49.9 Å². The summed E-state index contributed by atoms with van der Waals surface area (Å²) in [5, 5.41) is 9.51. The van der Waals surface area contributed by atoms with E-state index < -0.39 is 21.6 Å². The van der Waals surface area contributed by atoms with Crippen LogP contribution in [0.25, 0.3) is 22.3 Å². The minimum absolute atomic E-state index is 0.0335. The molecule has 5 aromatic rings. The van der Waals surface area contributed by atoms with Gasteiger partial charge in [0.2, 0.25) is 16.9 Å². The van der Waals surface area contributed by atoms with E-state index >= 15 is 0 Å². The summed E-state index contributed by atoms with van der Waals surface area (Å²) in [6.45, 7) is 1.82. The lowest BCUT2D eigenvalue weighted by molar-refractivity contribution is 0.301. The van der Waals surface area contributed by atoms with E-state index in [9.17, 15) is 13.2 Å². The summed E-state index contributed by atoms with van der Waals surface area (Å²) in [6, 6.07) is 8.16. The average Bonchev–Trinajstić information content (AvgIpc) is 3.73. The van der Waals surface area contributed by atoms with Gasteiger partial charge in [0, 0.05) is 23.4 Å². The molecular weight excluding hydrogens is 689 g/mol. The molecule has 0 radical (unpaired) electrons. The van der Waals surface area contributed by atoms with Gasteiger partial charge in [-0.2, -0.15) is 8.42 Å². The van der Waals surface area contributed by atoms with E-state index in [1.807, 2.05) is 0 Å². The lowest BCUT2D eigenvalue weighted by Crippen LogP contribution is -2.12. The van der Waals surface area contributed by atoms with Crippen LogP contribution in [0.15, 0.2) is 58.8 Å². The van der Waals surface area contributed by atoms with Crippen molar-refractivity contribution in [2.75, 3.05) is 47.9 Å². The molecule has 256 valence electrons. The Morgan fingerprint density at radius 1 is 0.854 bits per heavy atom. The molecule has 0 N–H and O–H groups in total. The highest BCUT2D eigenvalue weighted by molar-refractivity contribution is 7.99. The molecule has 0 bridgehead atoms. The number of unbranched alkanes of at least 4 members (excludes halogenated alkanes) is 1. The second-order valence-electron chi connectivity index (χ2n) is 9.87. The van der Waals surface area contributed by atoms with Crippen molar-refractivity contribution in [3.63, 3.8) is 0 Å². The molecule has 17 heteroatoms. The van der Waals surface area contributed by atoms with Crippen molar-refractivity contribution in [2.24, 2.45) is 0 Å². The van der Waals surface area contributed by atoms with Crippen LogP contribution in [0.2, 0.25) is 0 Å². The third-order valence-corrected chi connectivity index (χ3v) is 10.6. The van der Waals surface area contributed by atoms with Gasteiger partial charge in [-0.05, 0) is 48.9 Å². The molecule has 5 rings (SSSR count). The van der Waals surface area contributed by atoms with Crippen molar-refractivity contribution >= 4 is 44.2 Å². The highest BCUT2D eigenvalue weighted by atomic mass is 32.3. The van der Waals surface area contributed by atoms with E-state index in [4.69, 9.17) is 41.4 Å². The van der Waals surface area contributed by atoms with Crippen LogP contribution in [0.3, 0.4) is 0 Å². The first-order valence-electron chi connectivity index (χ1n) is 14.2. The van der Waals surface area contributed by atoms with Crippen molar-refractivity contribution in [3.8, 4) is 51.9 Å². The molecule has 3 heterocycles. The number of thioether (sulfide) groups is 1. The summed E-state index contributed by atoms with van der Waals surface area (Å²) < 4.78 is 75.2. The monoisotopic (exact) mass is 720 g/mol. The molecule has 0 unspecified atom stereocenters. The van der Waals surface area contributed by atoms with Gasteiger partial charge >= 0.3 is 16.2 Å². The number of fused-ring (bicyclic) bond motifs is 1. The summed E-state index contributed by atoms with van der Waals surface area (Å²) in [6.07, 6.45) is 0.682. The van der Waals surface area contributed by atoms with Crippen LogP contribution in [-0.2, 0) is 10.1 Å². The van der Waals surface area contributed by atoms with E-state index in [0.29, 0.717) is 52.7 Å². The van der Waals surface area contributed by atoms with Gasteiger partial charge < -0.3 is 41.4 Å². The largest absolute Gasteiger partial charge is 0.496 e. The normalized spacial score (nSPS) is 11.4. The SMILES string of the molecule is COc1cc(OC)c2c(=O)c(OCCCCSc3nnc(OS(=O)(=O)c4sccc4C)o3)c(-c3cc(OC)c(OC)c(OC)c3)oc2c1. The number of aromatic nitrogens is 2. The number of ether oxygens (including phenoxy) is 6. The summed E-state index contributed by atoms with van der Waals surface area (Å²) >= 11 is 2.26. The van der Waals surface area contributed by atoms with Crippen LogP contribution in [0.1, 0.15) is 18.4 Å². The first kappa shape index (κ1) is 34.7. The summed E-state index contributed by atoms with van der Waals surface area (Å²) in [4.78, 5) is 14.0. The summed E-state index contributed by atoms with van der Waals surface area (Å²) in [5.41, 5.74) is 0.791. The topological polar surface area (TPSA) is 168 Å². The maximum Gasteiger partial charge on any atom is 0.431 e. The molecule has 0 saturated heterocycles. The predicted octanol–water partition coefficient (Wildman–Crippen LogP) is 5.97. The predicted molar refractivity (Wildman–Crippen MR) is 177 cm³/mol. The van der Waals surface area contributed by atoms with Crippen LogP contribution >= 0.6 is 23.1 Å². The fraction of sp³-hybridized carbons (Fsp3) is 0.323. The zero-order chi connectivity index (χ0) is 34.4. The average molecular weight is 721 g/mol. The maximum atomic E-state index is 14.0. The molecule has 0 atom stereocenters. The van der Waals surface area contributed by atoms with Gasteiger partial charge in [-0.3, -0.25) is 4.79 Å². The first-order valence-corrected chi connectivity index (χ1v) is 17.5. The number of nitrogens with zero attached hydrogens (tertiary/aromatic N) is 2. The lowest BCUT2D eigenvalue weighted by Gasteiger charge is -2.17. The van der Waals surface area contributed by atoms with Gasteiger partial charge in [0.05, 0.1) is 42.2 Å². The van der Waals surface area contributed by atoms with Crippen LogP contribution in [0.5, 0.6) is 40.6 Å². The minimum Gasteiger partial charge on any atom is -0.496 e. The Hall–Kier alpha value is -4.61. The standard InChI is InChI=1S/C31H32N2O12S3/c1-17-9-12-46-29(17)48(35,36)45-30-32-33-31(44-30)47-11-8-7-10-42-28-25(34)24-20(38-3)15-19(37-2)16-21(24)43-26(28)18-13-22(39-4)27(41-6)23(14-18)40-5/h9,12-16H,7-8,10-11H2,1-6H3. The lowest BCUT2D eigenvalue weighted by atomic mass is 10.1. The number of aryl methyl sites for hydroxylation is 1. The molecule has 0 fully saturated rings. The first-order chi connectivity index (χ1) is 23.1. The number of methoxy groups -OCH3 is 5. The smallest absolute Gasteiger partial charge is 0.431 e. The second kappa shape index (κ2) is 15.1. The number of hydrogen-bond donors (Lipinski definition) is 0.